The van der Waals surface area contributed by atoms with Crippen LogP contribution in [0.4, 0.5) is 0 Å². The van der Waals surface area contributed by atoms with Crippen LogP contribution in [0.1, 0.15) is 94.9 Å². The molecule has 1 atom stereocenters. The molecule has 0 saturated heterocycles. The molecule has 0 spiro atoms. The molecule has 0 N–H and O–H groups in total. The van der Waals surface area contributed by atoms with E-state index in [1.54, 1.807) is 18.7 Å². The van der Waals surface area contributed by atoms with Crippen molar-refractivity contribution in [2.75, 3.05) is 0 Å². The van der Waals surface area contributed by atoms with Crippen molar-refractivity contribution < 1.29 is 4.42 Å². The highest BCUT2D eigenvalue weighted by Crippen LogP contribution is 2.23. The van der Waals surface area contributed by atoms with Gasteiger partial charge in [0, 0.05) is 36.3 Å². The molecule has 5 heteroatoms. The third-order valence-electron chi connectivity index (χ3n) is 7.20. The molecular weight excluding hydrogens is 528 g/mol. The van der Waals surface area contributed by atoms with Gasteiger partial charge in [-0.2, -0.15) is 5.10 Å². The molecule has 0 saturated carbocycles. The Bertz CT molecular complexity index is 1420. The van der Waals surface area contributed by atoms with Crippen molar-refractivity contribution in [2.24, 2.45) is 4.99 Å². The quantitative estimate of drug-likeness (QED) is 0.203. The van der Waals surface area contributed by atoms with E-state index in [-0.39, 0.29) is 7.43 Å². The van der Waals surface area contributed by atoms with Crippen LogP contribution in [0.15, 0.2) is 125 Å². The molecule has 5 nitrogen and oxygen atoms in total. The lowest BCUT2D eigenvalue weighted by atomic mass is 9.96. The maximum atomic E-state index is 5.21. The third-order valence-corrected chi connectivity index (χ3v) is 7.20. The monoisotopic (exact) mass is 574 g/mol. The first-order valence-electron chi connectivity index (χ1n) is 14.7. The Kier molecular flexibility index (Phi) is 12.4. The summed E-state index contributed by atoms with van der Waals surface area (Å²) in [6, 6.07) is 27.6. The first-order valence-corrected chi connectivity index (χ1v) is 14.7. The van der Waals surface area contributed by atoms with Crippen molar-refractivity contribution in [1.82, 2.24) is 14.8 Å². The van der Waals surface area contributed by atoms with Crippen molar-refractivity contribution in [2.45, 2.75) is 72.6 Å². The second-order valence-electron chi connectivity index (χ2n) is 11.3. The lowest BCUT2D eigenvalue weighted by Gasteiger charge is -2.08. The Morgan fingerprint density at radius 3 is 1.70 bits per heavy atom. The Hall–Kier alpha value is -4.51. The first-order chi connectivity index (χ1) is 20.3. The van der Waals surface area contributed by atoms with E-state index in [0.29, 0.717) is 29.6 Å². The van der Waals surface area contributed by atoms with Gasteiger partial charge in [0.05, 0.1) is 11.9 Å². The largest absolute Gasteiger partial charge is 0.445 e. The summed E-state index contributed by atoms with van der Waals surface area (Å²) in [5.41, 5.74) is 7.56. The molecule has 3 aromatic carbocycles. The zero-order valence-corrected chi connectivity index (χ0v) is 25.6. The highest BCUT2D eigenvalue weighted by Gasteiger charge is 2.08. The molecule has 1 unspecified atom stereocenters. The van der Waals surface area contributed by atoms with Gasteiger partial charge in [0.25, 0.3) is 0 Å². The van der Waals surface area contributed by atoms with Crippen LogP contribution >= 0.6 is 0 Å². The minimum Gasteiger partial charge on any atom is -0.445 e. The molecule has 0 radical (unpaired) electrons. The molecule has 3 heterocycles. The summed E-state index contributed by atoms with van der Waals surface area (Å²) in [4.78, 5) is 8.19. The van der Waals surface area contributed by atoms with E-state index < -0.39 is 0 Å². The van der Waals surface area contributed by atoms with E-state index >= 15 is 0 Å². The average Bonchev–Trinajstić information content (AvgIpc) is 3.83. The molecule has 1 aliphatic heterocycles. The molecule has 43 heavy (non-hydrogen) atoms. The van der Waals surface area contributed by atoms with E-state index in [1.807, 2.05) is 41.5 Å². The van der Waals surface area contributed by atoms with Crippen LogP contribution < -0.4 is 0 Å². The van der Waals surface area contributed by atoms with Crippen molar-refractivity contribution in [3.05, 3.63) is 138 Å². The zero-order valence-electron chi connectivity index (χ0n) is 25.6. The molecule has 2 aromatic heterocycles. The van der Waals surface area contributed by atoms with Crippen LogP contribution in [0.25, 0.3) is 17.1 Å². The number of aromatic nitrogens is 3. The topological polar surface area (TPSA) is 56.2 Å². The fourth-order valence-corrected chi connectivity index (χ4v) is 4.44. The number of nitrogens with zero attached hydrogens (tertiary/aromatic N) is 4. The Morgan fingerprint density at radius 2 is 1.26 bits per heavy atom. The molecule has 224 valence electrons. The standard InChI is InChI=1S/C13H15N.C12H14N2.C12H13NO.CH4/c1-10(2)11-3-5-12(6-4-11)13-7-8-14-9-13;1-10(2)11-4-6-12(7-5-11)14-9-3-8-13-14;1-9(2)10-3-5-11(6-4-10)12-13-7-8-14-12;/h3-10,13H,1-2H3;3-10H,1-2H3;3-9H,1-2H3;1H4. The fourth-order valence-electron chi connectivity index (χ4n) is 4.44. The minimum atomic E-state index is 0. The van der Waals surface area contributed by atoms with Crippen LogP contribution in [-0.2, 0) is 0 Å². The second kappa shape index (κ2) is 16.2. The van der Waals surface area contributed by atoms with E-state index in [1.165, 1.54) is 22.3 Å². The van der Waals surface area contributed by atoms with Gasteiger partial charge in [-0.3, -0.25) is 4.99 Å². The molecular formula is C38H46N4O. The van der Waals surface area contributed by atoms with Gasteiger partial charge in [-0.15, -0.1) is 0 Å². The SMILES string of the molecule is C.CC(C)c1ccc(-c2ncco2)cc1.CC(C)c1ccc(-n2cccn2)cc1.CC(C)c1ccc(C2C=CN=C2)cc1. The van der Waals surface area contributed by atoms with Crippen LogP contribution in [-0.4, -0.2) is 21.0 Å². The highest BCUT2D eigenvalue weighted by molar-refractivity contribution is 5.73. The predicted octanol–water partition coefficient (Wildman–Crippen LogP) is 10.6. The summed E-state index contributed by atoms with van der Waals surface area (Å²) in [5, 5.41) is 4.18. The summed E-state index contributed by atoms with van der Waals surface area (Å²) in [6.45, 7) is 13.2. The fraction of sp³-hybridized carbons (Fsp3) is 0.289. The zero-order chi connectivity index (χ0) is 29.9. The summed E-state index contributed by atoms with van der Waals surface area (Å²) in [6.07, 6.45) is 12.9. The average molecular weight is 575 g/mol. The Morgan fingerprint density at radius 1 is 0.698 bits per heavy atom. The molecule has 0 fully saturated rings. The molecule has 0 bridgehead atoms. The number of allylic oxidation sites excluding steroid dienone is 1. The van der Waals surface area contributed by atoms with Gasteiger partial charge < -0.3 is 4.42 Å². The minimum absolute atomic E-state index is 0. The highest BCUT2D eigenvalue weighted by atomic mass is 16.3. The van der Waals surface area contributed by atoms with Crippen LogP contribution in [0, 0.1) is 0 Å². The van der Waals surface area contributed by atoms with E-state index in [9.17, 15) is 0 Å². The lowest BCUT2D eigenvalue weighted by Crippen LogP contribution is -1.94. The molecule has 5 aromatic rings. The van der Waals surface area contributed by atoms with E-state index in [0.717, 1.165) is 11.3 Å². The van der Waals surface area contributed by atoms with Gasteiger partial charge in [-0.1, -0.05) is 104 Å². The summed E-state index contributed by atoms with van der Waals surface area (Å²) < 4.78 is 7.07. The van der Waals surface area contributed by atoms with Gasteiger partial charge in [0.2, 0.25) is 5.89 Å². The van der Waals surface area contributed by atoms with Crippen molar-refractivity contribution in [3.8, 4) is 17.1 Å². The van der Waals surface area contributed by atoms with Gasteiger partial charge in [0.15, 0.2) is 0 Å². The van der Waals surface area contributed by atoms with Crippen molar-refractivity contribution in [1.29, 1.82) is 0 Å². The number of hydrogen-bond acceptors (Lipinski definition) is 4. The summed E-state index contributed by atoms with van der Waals surface area (Å²) in [5.74, 6) is 2.82. The van der Waals surface area contributed by atoms with Gasteiger partial charge >= 0.3 is 0 Å². The lowest BCUT2D eigenvalue weighted by molar-refractivity contribution is 0.574. The molecule has 0 amide bonds. The number of aliphatic imine (C=N–C) groups is 1. The Labute approximate surface area is 258 Å². The first kappa shape index (κ1) is 33.0. The summed E-state index contributed by atoms with van der Waals surface area (Å²) >= 11 is 0. The van der Waals surface area contributed by atoms with Gasteiger partial charge in [-0.05, 0) is 70.3 Å². The molecule has 6 rings (SSSR count). The van der Waals surface area contributed by atoms with Crippen molar-refractivity contribution >= 4 is 6.21 Å². The smallest absolute Gasteiger partial charge is 0.225 e. The van der Waals surface area contributed by atoms with Crippen LogP contribution in [0.5, 0.6) is 0 Å². The Balaban J connectivity index is 0.000000175. The van der Waals surface area contributed by atoms with Crippen LogP contribution in [0.3, 0.4) is 0 Å². The van der Waals surface area contributed by atoms with Gasteiger partial charge in [0.1, 0.15) is 6.26 Å². The van der Waals surface area contributed by atoms with Crippen LogP contribution in [0.2, 0.25) is 0 Å². The second-order valence-corrected chi connectivity index (χ2v) is 11.3. The number of hydrogen-bond donors (Lipinski definition) is 0. The number of benzene rings is 3. The maximum absolute atomic E-state index is 5.21. The van der Waals surface area contributed by atoms with Crippen molar-refractivity contribution in [3.63, 3.8) is 0 Å². The molecule has 0 aliphatic carbocycles. The normalized spacial score (nSPS) is 13.4. The number of rotatable bonds is 6. The van der Waals surface area contributed by atoms with E-state index in [2.05, 4.69) is 123 Å². The third kappa shape index (κ3) is 9.50. The summed E-state index contributed by atoms with van der Waals surface area (Å²) in [7, 11) is 0. The van der Waals surface area contributed by atoms with E-state index in [4.69, 9.17) is 4.42 Å². The van der Waals surface area contributed by atoms with Gasteiger partial charge in [-0.25, -0.2) is 9.67 Å². The number of oxazole rings is 1. The predicted molar refractivity (Wildman–Crippen MR) is 181 cm³/mol. The maximum Gasteiger partial charge on any atom is 0.225 e. The molecule has 1 aliphatic rings.